The summed E-state index contributed by atoms with van der Waals surface area (Å²) in [6.45, 7) is 2.94. The SMILES string of the molecule is C[C@H](NC(=O)C(Cc1ccccc1)CC(Cc1ccccc1)SSC(Cc1ccccc1)CC(Cc1ccccc1)C(=O)N[C@@H](C)C(=O)O)C(=O)O. The molecule has 4 aromatic rings. The van der Waals surface area contributed by atoms with Gasteiger partial charge in [0, 0.05) is 22.3 Å². The minimum atomic E-state index is -1.09. The molecule has 4 N–H and O–H groups in total. The molecule has 0 saturated heterocycles. The Balaban J connectivity index is 1.62. The van der Waals surface area contributed by atoms with Gasteiger partial charge in [0.25, 0.3) is 0 Å². The molecule has 52 heavy (non-hydrogen) atoms. The summed E-state index contributed by atoms with van der Waals surface area (Å²) in [7, 11) is 3.40. The van der Waals surface area contributed by atoms with Crippen LogP contribution in [0.5, 0.6) is 0 Å². The number of hydrogen-bond acceptors (Lipinski definition) is 6. The molecule has 0 bridgehead atoms. The molecule has 0 radical (unpaired) electrons. The van der Waals surface area contributed by atoms with E-state index < -0.39 is 35.9 Å². The van der Waals surface area contributed by atoms with E-state index in [0.29, 0.717) is 38.5 Å². The van der Waals surface area contributed by atoms with E-state index >= 15 is 0 Å². The Bertz CT molecular complexity index is 1570. The number of amides is 2. The Kier molecular flexibility index (Phi) is 16.3. The van der Waals surface area contributed by atoms with Gasteiger partial charge in [-0.05, 0) is 74.6 Å². The quantitative estimate of drug-likeness (QED) is 0.0657. The number of aliphatic carboxylic acids is 2. The summed E-state index contributed by atoms with van der Waals surface area (Å²) < 4.78 is 0. The number of hydrogen-bond donors (Lipinski definition) is 4. The predicted octanol–water partition coefficient (Wildman–Crippen LogP) is 7.27. The van der Waals surface area contributed by atoms with Crippen LogP contribution in [-0.4, -0.2) is 56.5 Å². The zero-order chi connectivity index (χ0) is 37.3. The Hall–Kier alpha value is -4.54. The van der Waals surface area contributed by atoms with Crippen LogP contribution in [0.4, 0.5) is 0 Å². The van der Waals surface area contributed by atoms with Gasteiger partial charge in [-0.2, -0.15) is 0 Å². The first-order chi connectivity index (χ1) is 25.1. The highest BCUT2D eigenvalue weighted by Gasteiger charge is 2.30. The van der Waals surface area contributed by atoms with Gasteiger partial charge >= 0.3 is 11.9 Å². The van der Waals surface area contributed by atoms with Crippen molar-refractivity contribution in [2.24, 2.45) is 11.8 Å². The van der Waals surface area contributed by atoms with Crippen molar-refractivity contribution >= 4 is 45.3 Å². The van der Waals surface area contributed by atoms with Crippen LogP contribution in [0, 0.1) is 11.8 Å². The zero-order valence-corrected chi connectivity index (χ0v) is 31.2. The highest BCUT2D eigenvalue weighted by Crippen LogP contribution is 2.40. The molecule has 0 aromatic heterocycles. The van der Waals surface area contributed by atoms with Crippen LogP contribution in [0.15, 0.2) is 121 Å². The molecule has 8 nitrogen and oxygen atoms in total. The van der Waals surface area contributed by atoms with Crippen LogP contribution in [-0.2, 0) is 44.9 Å². The second-order valence-electron chi connectivity index (χ2n) is 13.2. The fourth-order valence-electron chi connectivity index (χ4n) is 6.01. The molecule has 0 aliphatic rings. The van der Waals surface area contributed by atoms with E-state index in [9.17, 15) is 29.4 Å². The molecule has 0 saturated carbocycles. The number of rotatable bonds is 21. The van der Waals surface area contributed by atoms with Crippen LogP contribution >= 0.6 is 21.6 Å². The van der Waals surface area contributed by atoms with Gasteiger partial charge < -0.3 is 20.8 Å². The second kappa shape index (κ2) is 21.1. The summed E-state index contributed by atoms with van der Waals surface area (Å²) in [6.07, 6.45) is 3.30. The average molecular weight is 741 g/mol. The third-order valence-electron chi connectivity index (χ3n) is 8.88. The molecule has 10 heteroatoms. The van der Waals surface area contributed by atoms with E-state index in [1.807, 2.05) is 97.1 Å². The first-order valence-electron chi connectivity index (χ1n) is 17.6. The second-order valence-corrected chi connectivity index (χ2v) is 16.1. The molecule has 274 valence electrons. The average Bonchev–Trinajstić information content (AvgIpc) is 3.14. The molecule has 0 heterocycles. The maximum absolute atomic E-state index is 13.7. The molecule has 4 rings (SSSR count). The normalized spacial score (nSPS) is 14.6. The third kappa shape index (κ3) is 13.9. The first kappa shape index (κ1) is 40.2. The largest absolute Gasteiger partial charge is 0.480 e. The van der Waals surface area contributed by atoms with Gasteiger partial charge in [-0.25, -0.2) is 0 Å². The molecule has 2 amide bonds. The van der Waals surface area contributed by atoms with Crippen LogP contribution in [0.2, 0.25) is 0 Å². The monoisotopic (exact) mass is 740 g/mol. The molecular weight excluding hydrogens is 693 g/mol. The van der Waals surface area contributed by atoms with Crippen LogP contribution in [0.1, 0.15) is 48.9 Å². The number of benzene rings is 4. The minimum Gasteiger partial charge on any atom is -0.480 e. The topological polar surface area (TPSA) is 133 Å². The fourth-order valence-corrected chi connectivity index (χ4v) is 9.29. The molecule has 0 aliphatic heterocycles. The molecular formula is C42H48N2O6S2. The first-order valence-corrected chi connectivity index (χ1v) is 19.9. The van der Waals surface area contributed by atoms with Gasteiger partial charge in [-0.1, -0.05) is 143 Å². The number of carbonyl (C=O) groups excluding carboxylic acids is 2. The summed E-state index contributed by atoms with van der Waals surface area (Å²) in [5, 5.41) is 24.5. The van der Waals surface area contributed by atoms with Gasteiger partial charge in [0.15, 0.2) is 0 Å². The smallest absolute Gasteiger partial charge is 0.325 e. The predicted molar refractivity (Wildman–Crippen MR) is 210 cm³/mol. The summed E-state index contributed by atoms with van der Waals surface area (Å²) in [4.78, 5) is 50.7. The van der Waals surface area contributed by atoms with Crippen LogP contribution in [0.3, 0.4) is 0 Å². The van der Waals surface area contributed by atoms with E-state index in [-0.39, 0.29) is 22.3 Å². The third-order valence-corrected chi connectivity index (χ3v) is 12.2. The maximum atomic E-state index is 13.7. The Morgan fingerprint density at radius 2 is 0.750 bits per heavy atom. The van der Waals surface area contributed by atoms with Crippen molar-refractivity contribution < 1.29 is 29.4 Å². The Morgan fingerprint density at radius 3 is 1.02 bits per heavy atom. The van der Waals surface area contributed by atoms with E-state index in [2.05, 4.69) is 34.9 Å². The van der Waals surface area contributed by atoms with Gasteiger partial charge in [-0.15, -0.1) is 0 Å². The van der Waals surface area contributed by atoms with E-state index in [1.165, 1.54) is 13.8 Å². The summed E-state index contributed by atoms with van der Waals surface area (Å²) in [6, 6.07) is 37.7. The standard InChI is InChI=1S/C42H48N2O6S2/c1-29(41(47)48)43-39(45)35(23-31-15-7-3-8-16-31)27-37(25-33-19-11-5-12-20-33)51-52-38(26-34-21-13-6-14-22-34)28-36(24-32-17-9-4-10-18-32)40(46)44-30(2)42(49)50/h3-22,29-30,35-38H,23-28H2,1-2H3,(H,43,45)(H,44,46)(H,47,48)(H,49,50)/t29-,30-,35?,36?,37?,38?/m0/s1. The van der Waals surface area contributed by atoms with Crippen molar-refractivity contribution in [3.05, 3.63) is 144 Å². The van der Waals surface area contributed by atoms with Crippen molar-refractivity contribution in [1.82, 2.24) is 10.6 Å². The molecule has 4 aromatic carbocycles. The van der Waals surface area contributed by atoms with E-state index in [4.69, 9.17) is 0 Å². The lowest BCUT2D eigenvalue weighted by atomic mass is 9.91. The Morgan fingerprint density at radius 1 is 0.481 bits per heavy atom. The van der Waals surface area contributed by atoms with E-state index in [0.717, 1.165) is 22.3 Å². The Labute approximate surface area is 314 Å². The number of nitrogens with one attached hydrogen (secondary N) is 2. The zero-order valence-electron chi connectivity index (χ0n) is 29.6. The van der Waals surface area contributed by atoms with Gasteiger partial charge in [0.05, 0.1) is 0 Å². The number of carbonyl (C=O) groups is 4. The highest BCUT2D eigenvalue weighted by molar-refractivity contribution is 8.77. The summed E-state index contributed by atoms with van der Waals surface area (Å²) in [5.74, 6) is -3.73. The van der Waals surface area contributed by atoms with Gasteiger partial charge in [0.1, 0.15) is 12.1 Å². The lowest BCUT2D eigenvalue weighted by Crippen LogP contribution is -2.43. The fraction of sp³-hybridized carbons (Fsp3) is 0.333. The molecule has 4 unspecified atom stereocenters. The lowest BCUT2D eigenvalue weighted by Gasteiger charge is -2.27. The number of carboxylic acids is 2. The van der Waals surface area contributed by atoms with Crippen molar-refractivity contribution in [3.63, 3.8) is 0 Å². The summed E-state index contributed by atoms with van der Waals surface area (Å²) >= 11 is 0. The lowest BCUT2D eigenvalue weighted by molar-refractivity contribution is -0.142. The molecule has 6 atom stereocenters. The minimum absolute atomic E-state index is 0.0290. The van der Waals surface area contributed by atoms with Gasteiger partial charge in [0.2, 0.25) is 11.8 Å². The van der Waals surface area contributed by atoms with Crippen LogP contribution < -0.4 is 10.6 Å². The van der Waals surface area contributed by atoms with Gasteiger partial charge in [-0.3, -0.25) is 19.2 Å². The molecule has 0 fully saturated rings. The maximum Gasteiger partial charge on any atom is 0.325 e. The summed E-state index contributed by atoms with van der Waals surface area (Å²) in [5.41, 5.74) is 4.24. The van der Waals surface area contributed by atoms with Crippen molar-refractivity contribution in [2.45, 2.75) is 75.0 Å². The van der Waals surface area contributed by atoms with Crippen molar-refractivity contribution in [1.29, 1.82) is 0 Å². The van der Waals surface area contributed by atoms with Crippen LogP contribution in [0.25, 0.3) is 0 Å². The van der Waals surface area contributed by atoms with Crippen molar-refractivity contribution in [2.75, 3.05) is 0 Å². The number of carboxylic acid groups (broad SMARTS) is 2. The van der Waals surface area contributed by atoms with Crippen molar-refractivity contribution in [3.8, 4) is 0 Å². The highest BCUT2D eigenvalue weighted by atomic mass is 33.1. The molecule has 0 spiro atoms. The van der Waals surface area contributed by atoms with E-state index in [1.54, 1.807) is 21.6 Å². The molecule has 0 aliphatic carbocycles.